The third-order valence-corrected chi connectivity index (χ3v) is 2.51. The fourth-order valence-corrected chi connectivity index (χ4v) is 1.46. The molecule has 0 aromatic heterocycles. The van der Waals surface area contributed by atoms with Gasteiger partial charge in [-0.1, -0.05) is 37.3 Å². The molecule has 0 spiro atoms. The van der Waals surface area contributed by atoms with Crippen molar-refractivity contribution < 1.29 is 4.79 Å². The van der Waals surface area contributed by atoms with Crippen molar-refractivity contribution in [3.8, 4) is 6.07 Å². The van der Waals surface area contributed by atoms with E-state index in [1.807, 2.05) is 43.3 Å². The minimum absolute atomic E-state index is 0.00972. The number of carbonyl (C=O) groups excluding carboxylic acids is 1. The zero-order chi connectivity index (χ0) is 12.0. The molecule has 0 aliphatic carbocycles. The van der Waals surface area contributed by atoms with Gasteiger partial charge >= 0.3 is 0 Å². The lowest BCUT2D eigenvalue weighted by molar-refractivity contribution is -0.123. The van der Waals surface area contributed by atoms with Crippen LogP contribution in [0.5, 0.6) is 0 Å². The molecule has 0 fully saturated rings. The number of amides is 1. The number of carbonyl (C=O) groups is 1. The van der Waals surface area contributed by atoms with Gasteiger partial charge < -0.3 is 5.32 Å². The average molecular weight is 216 g/mol. The Balaban J connectivity index is 2.71. The lowest BCUT2D eigenvalue weighted by Gasteiger charge is -2.18. The van der Waals surface area contributed by atoms with E-state index in [0.717, 1.165) is 12.0 Å². The molecular weight excluding hydrogens is 200 g/mol. The predicted molar refractivity (Wildman–Crippen MR) is 62.4 cm³/mol. The first-order valence-corrected chi connectivity index (χ1v) is 5.44. The van der Waals surface area contributed by atoms with E-state index in [1.54, 1.807) is 6.92 Å². The molecule has 1 unspecified atom stereocenters. The first-order chi connectivity index (χ1) is 7.69. The molecule has 0 aliphatic heterocycles. The van der Waals surface area contributed by atoms with Gasteiger partial charge in [-0.05, 0) is 18.9 Å². The van der Waals surface area contributed by atoms with Gasteiger partial charge in [-0.2, -0.15) is 5.26 Å². The standard InChI is InChI=1S/C13H16N2O/c1-3-12(11-7-5-4-6-8-11)15-13(16)10(2)9-14/h4-8,10,12H,3H2,1-2H3,(H,15,16)/t10?,12-/m1/s1. The lowest BCUT2D eigenvalue weighted by Crippen LogP contribution is -2.32. The molecule has 1 amide bonds. The van der Waals surface area contributed by atoms with Crippen molar-refractivity contribution in [2.45, 2.75) is 26.3 Å². The minimum Gasteiger partial charge on any atom is -0.348 e. The normalized spacial score (nSPS) is 13.6. The number of hydrogen-bond acceptors (Lipinski definition) is 2. The monoisotopic (exact) mass is 216 g/mol. The Morgan fingerprint density at radius 3 is 2.56 bits per heavy atom. The van der Waals surface area contributed by atoms with Crippen LogP contribution in [0.2, 0.25) is 0 Å². The second-order valence-corrected chi connectivity index (χ2v) is 3.73. The summed E-state index contributed by atoms with van der Waals surface area (Å²) in [5, 5.41) is 11.5. The highest BCUT2D eigenvalue weighted by atomic mass is 16.1. The minimum atomic E-state index is -0.599. The molecule has 84 valence electrons. The summed E-state index contributed by atoms with van der Waals surface area (Å²) < 4.78 is 0. The summed E-state index contributed by atoms with van der Waals surface area (Å²) in [5.41, 5.74) is 1.07. The highest BCUT2D eigenvalue weighted by molar-refractivity contribution is 5.81. The molecule has 3 heteroatoms. The fourth-order valence-electron chi connectivity index (χ4n) is 1.46. The smallest absolute Gasteiger partial charge is 0.237 e. The molecule has 2 atom stereocenters. The Bertz CT molecular complexity index is 381. The van der Waals surface area contributed by atoms with Gasteiger partial charge in [-0.25, -0.2) is 0 Å². The van der Waals surface area contributed by atoms with Crippen LogP contribution in [0, 0.1) is 17.2 Å². The second kappa shape index (κ2) is 5.92. The van der Waals surface area contributed by atoms with Gasteiger partial charge in [0, 0.05) is 0 Å². The molecule has 0 saturated heterocycles. The average Bonchev–Trinajstić information content (AvgIpc) is 2.35. The number of hydrogen-bond donors (Lipinski definition) is 1. The van der Waals surface area contributed by atoms with Gasteiger partial charge in [0.1, 0.15) is 5.92 Å². The summed E-state index contributed by atoms with van der Waals surface area (Å²) in [6.45, 7) is 3.61. The third-order valence-electron chi connectivity index (χ3n) is 2.51. The molecular formula is C13H16N2O. The largest absolute Gasteiger partial charge is 0.348 e. The van der Waals surface area contributed by atoms with Crippen molar-refractivity contribution in [1.82, 2.24) is 5.32 Å². The third kappa shape index (κ3) is 3.09. The second-order valence-electron chi connectivity index (χ2n) is 3.73. The van der Waals surface area contributed by atoms with Crippen molar-refractivity contribution in [1.29, 1.82) is 5.26 Å². The van der Waals surface area contributed by atoms with Crippen LogP contribution in [0.1, 0.15) is 31.9 Å². The topological polar surface area (TPSA) is 52.9 Å². The molecule has 0 bridgehead atoms. The first-order valence-electron chi connectivity index (χ1n) is 5.44. The Morgan fingerprint density at radius 2 is 2.06 bits per heavy atom. The molecule has 3 nitrogen and oxygen atoms in total. The van der Waals surface area contributed by atoms with Crippen LogP contribution in [0.4, 0.5) is 0 Å². The summed E-state index contributed by atoms with van der Waals surface area (Å²) in [6.07, 6.45) is 0.813. The molecule has 1 aromatic carbocycles. The Kier molecular flexibility index (Phi) is 4.53. The van der Waals surface area contributed by atoms with Gasteiger partial charge in [0.15, 0.2) is 0 Å². The van der Waals surface area contributed by atoms with Crippen molar-refractivity contribution in [3.63, 3.8) is 0 Å². The van der Waals surface area contributed by atoms with E-state index in [0.29, 0.717) is 0 Å². The van der Waals surface area contributed by atoms with Crippen molar-refractivity contribution in [2.75, 3.05) is 0 Å². The number of benzene rings is 1. The predicted octanol–water partition coefficient (Wildman–Crippen LogP) is 2.41. The molecule has 0 radical (unpaired) electrons. The van der Waals surface area contributed by atoms with E-state index >= 15 is 0 Å². The summed E-state index contributed by atoms with van der Waals surface area (Å²) in [5.74, 6) is -0.809. The molecule has 0 saturated carbocycles. The summed E-state index contributed by atoms with van der Waals surface area (Å²) >= 11 is 0. The van der Waals surface area contributed by atoms with E-state index in [4.69, 9.17) is 5.26 Å². The van der Waals surface area contributed by atoms with Crippen molar-refractivity contribution in [2.24, 2.45) is 5.92 Å². The van der Waals surface area contributed by atoms with Gasteiger partial charge in [0.2, 0.25) is 5.91 Å². The molecule has 1 N–H and O–H groups in total. The van der Waals surface area contributed by atoms with E-state index < -0.39 is 5.92 Å². The molecule has 1 rings (SSSR count). The van der Waals surface area contributed by atoms with E-state index in [1.165, 1.54) is 0 Å². The van der Waals surface area contributed by atoms with Crippen LogP contribution in [-0.2, 0) is 4.79 Å². The Hall–Kier alpha value is -1.82. The van der Waals surface area contributed by atoms with Crippen LogP contribution in [0.3, 0.4) is 0 Å². The van der Waals surface area contributed by atoms with E-state index in [9.17, 15) is 4.79 Å². The highest BCUT2D eigenvalue weighted by Gasteiger charge is 2.16. The number of nitrogens with zero attached hydrogens (tertiary/aromatic N) is 1. The number of rotatable bonds is 4. The molecule has 1 aromatic rings. The van der Waals surface area contributed by atoms with Crippen LogP contribution in [-0.4, -0.2) is 5.91 Å². The van der Waals surface area contributed by atoms with Crippen LogP contribution >= 0.6 is 0 Å². The quantitative estimate of drug-likeness (QED) is 0.840. The van der Waals surface area contributed by atoms with Gasteiger partial charge in [0.05, 0.1) is 12.1 Å². The van der Waals surface area contributed by atoms with Crippen LogP contribution < -0.4 is 5.32 Å². The lowest BCUT2D eigenvalue weighted by atomic mass is 10.0. The summed E-state index contributed by atoms with van der Waals surface area (Å²) in [4.78, 5) is 11.6. The zero-order valence-electron chi connectivity index (χ0n) is 9.60. The SMILES string of the molecule is CC[C@@H](NC(=O)C(C)C#N)c1ccccc1. The molecule has 0 aliphatic rings. The summed E-state index contributed by atoms with van der Waals surface area (Å²) in [6, 6.07) is 11.7. The number of nitrogens with one attached hydrogen (secondary N) is 1. The van der Waals surface area contributed by atoms with E-state index in [2.05, 4.69) is 5.32 Å². The van der Waals surface area contributed by atoms with Gasteiger partial charge in [-0.3, -0.25) is 4.79 Å². The number of nitriles is 1. The van der Waals surface area contributed by atoms with Crippen LogP contribution in [0.25, 0.3) is 0 Å². The maximum Gasteiger partial charge on any atom is 0.237 e. The Morgan fingerprint density at radius 1 is 1.44 bits per heavy atom. The summed E-state index contributed by atoms with van der Waals surface area (Å²) in [7, 11) is 0. The van der Waals surface area contributed by atoms with Crippen molar-refractivity contribution >= 4 is 5.91 Å². The highest BCUT2D eigenvalue weighted by Crippen LogP contribution is 2.16. The van der Waals surface area contributed by atoms with Crippen molar-refractivity contribution in [3.05, 3.63) is 35.9 Å². The van der Waals surface area contributed by atoms with E-state index in [-0.39, 0.29) is 11.9 Å². The fraction of sp³-hybridized carbons (Fsp3) is 0.385. The van der Waals surface area contributed by atoms with Gasteiger partial charge in [-0.15, -0.1) is 0 Å². The zero-order valence-corrected chi connectivity index (χ0v) is 9.60. The maximum atomic E-state index is 11.6. The molecule has 0 heterocycles. The van der Waals surface area contributed by atoms with Crippen LogP contribution in [0.15, 0.2) is 30.3 Å². The maximum absolute atomic E-state index is 11.6. The first kappa shape index (κ1) is 12.3. The van der Waals surface area contributed by atoms with Gasteiger partial charge in [0.25, 0.3) is 0 Å². The Labute approximate surface area is 96.1 Å². The molecule has 16 heavy (non-hydrogen) atoms.